The Hall–Kier alpha value is -5.99. The smallest absolute Gasteiger partial charge is 0.268 e. The van der Waals surface area contributed by atoms with Crippen LogP contribution in [0.15, 0.2) is 217 Å². The van der Waals surface area contributed by atoms with Crippen LogP contribution in [0.2, 0.25) is 0 Å². The van der Waals surface area contributed by atoms with Gasteiger partial charge in [0.1, 0.15) is 24.4 Å². The quantitative estimate of drug-likeness (QED) is 0.0698. The van der Waals surface area contributed by atoms with Crippen molar-refractivity contribution in [2.75, 3.05) is 13.2 Å². The molecule has 0 aliphatic carbocycles. The van der Waals surface area contributed by atoms with Gasteiger partial charge in [-0.15, -0.1) is 0 Å². The highest BCUT2D eigenvalue weighted by Crippen LogP contribution is 2.41. The minimum Gasteiger partial charge on any atom is -0.373 e. The van der Waals surface area contributed by atoms with Crippen LogP contribution in [0.4, 0.5) is 0 Å². The number of fused-ring (bicyclic) bond motifs is 1. The topological polar surface area (TPSA) is 94.5 Å². The van der Waals surface area contributed by atoms with Crippen LogP contribution in [0.3, 0.4) is 0 Å². The van der Waals surface area contributed by atoms with Gasteiger partial charge >= 0.3 is 0 Å². The SMILES string of the molecule is CC(C)(C)OC[C@H]1O[C@@](OCCc2cn(S(=O)(=O)c3ccccc3)c3ccccc23)([Si](c2ccccc2)c2ccccc2)[C@H](OCc2ccccc2)[C@@H](OCc2ccccc2)[C@@H]1OCc1ccccc1. The number of hydrogen-bond donors (Lipinski definition) is 0. The number of hydrogen-bond acceptors (Lipinski definition) is 8. The van der Waals surface area contributed by atoms with Gasteiger partial charge in [-0.1, -0.05) is 198 Å². The molecule has 1 aromatic heterocycles. The molecule has 70 heavy (non-hydrogen) atoms. The first-order chi connectivity index (χ1) is 34.1. The standard InChI is InChI=1S/C59H60NO8SSi/c1-58(2,3)67-44-54-55(63-41-45-24-10-4-11-25-45)56(64-42-46-26-12-5-13-27-46)57(65-43-47-28-14-6-15-29-47)59(68-54,70(50-32-18-8-19-33-50)51-34-20-9-21-35-51)66-39-38-48-40-60(53-37-23-22-36-52(48)53)69(61,62)49-30-16-7-17-31-49/h4-37,40,54-57H,38-39,41-44H2,1-3H3/t54-,55-,56+,57-,59-/m1/s1. The van der Waals surface area contributed by atoms with Crippen molar-refractivity contribution in [1.82, 2.24) is 3.97 Å². The number of rotatable bonds is 20. The molecule has 1 fully saturated rings. The van der Waals surface area contributed by atoms with Crippen LogP contribution in [0.25, 0.3) is 10.9 Å². The number of nitrogens with zero attached hydrogens (tertiary/aromatic N) is 1. The van der Waals surface area contributed by atoms with Crippen molar-refractivity contribution >= 4 is 40.1 Å². The zero-order chi connectivity index (χ0) is 48.4. The lowest BCUT2D eigenvalue weighted by Gasteiger charge is -2.55. The van der Waals surface area contributed by atoms with Gasteiger partial charge < -0.3 is 28.4 Å². The van der Waals surface area contributed by atoms with Crippen molar-refractivity contribution in [2.45, 2.75) is 87.3 Å². The van der Waals surface area contributed by atoms with Crippen LogP contribution in [-0.2, 0) is 64.7 Å². The Kier molecular flexibility index (Phi) is 15.7. The average Bonchev–Trinajstić information content (AvgIpc) is 3.77. The van der Waals surface area contributed by atoms with Gasteiger partial charge in [-0.25, -0.2) is 12.4 Å². The van der Waals surface area contributed by atoms with Gasteiger partial charge in [0.15, 0.2) is 14.2 Å². The normalized spacial score (nSPS) is 19.7. The van der Waals surface area contributed by atoms with E-state index in [2.05, 4.69) is 84.9 Å². The molecule has 0 amide bonds. The Morgan fingerprint density at radius 1 is 0.571 bits per heavy atom. The lowest BCUT2D eigenvalue weighted by atomic mass is 9.97. The molecule has 1 aliphatic heterocycles. The van der Waals surface area contributed by atoms with Crippen molar-refractivity contribution in [2.24, 2.45) is 0 Å². The van der Waals surface area contributed by atoms with Crippen LogP contribution in [-0.4, -0.2) is 69.8 Å². The van der Waals surface area contributed by atoms with E-state index in [0.717, 1.165) is 38.0 Å². The summed E-state index contributed by atoms with van der Waals surface area (Å²) in [5.74, 6) is 0. The predicted molar refractivity (Wildman–Crippen MR) is 277 cm³/mol. The molecule has 9 nitrogen and oxygen atoms in total. The van der Waals surface area contributed by atoms with Crippen molar-refractivity contribution in [3.05, 3.63) is 235 Å². The van der Waals surface area contributed by atoms with Gasteiger partial charge in [0.25, 0.3) is 10.0 Å². The second-order valence-corrected chi connectivity index (χ2v) is 22.9. The maximum absolute atomic E-state index is 14.3. The predicted octanol–water partition coefficient (Wildman–Crippen LogP) is 9.95. The minimum atomic E-state index is -3.93. The monoisotopic (exact) mass is 970 g/mol. The average molecular weight is 971 g/mol. The van der Waals surface area contributed by atoms with E-state index >= 15 is 0 Å². The lowest BCUT2D eigenvalue weighted by Crippen LogP contribution is -2.77. The zero-order valence-corrected chi connectivity index (χ0v) is 41.7. The summed E-state index contributed by atoms with van der Waals surface area (Å²) in [4.78, 5) is 0.207. The summed E-state index contributed by atoms with van der Waals surface area (Å²) in [6.07, 6.45) is -0.990. The number of aromatic nitrogens is 1. The Balaban J connectivity index is 1.22. The molecule has 9 rings (SSSR count). The van der Waals surface area contributed by atoms with Gasteiger partial charge in [0.2, 0.25) is 0 Å². The molecule has 0 unspecified atom stereocenters. The molecule has 7 aromatic carbocycles. The number of benzene rings is 7. The fourth-order valence-electron chi connectivity index (χ4n) is 9.11. The third-order valence-corrected chi connectivity index (χ3v) is 17.2. The van der Waals surface area contributed by atoms with Crippen LogP contribution in [0, 0.1) is 0 Å². The van der Waals surface area contributed by atoms with E-state index in [1.807, 2.05) is 118 Å². The largest absolute Gasteiger partial charge is 0.373 e. The molecule has 0 N–H and O–H groups in total. The molecule has 1 aliphatic rings. The molecular formula is C59H60NO8SSi. The first kappa shape index (κ1) is 49.0. The fraction of sp³-hybridized carbons (Fsp3) is 0.254. The van der Waals surface area contributed by atoms with Crippen LogP contribution in [0.5, 0.6) is 0 Å². The van der Waals surface area contributed by atoms with Crippen molar-refractivity contribution in [1.29, 1.82) is 0 Å². The third kappa shape index (κ3) is 11.4. The second-order valence-electron chi connectivity index (χ2n) is 18.5. The molecule has 0 saturated carbocycles. The summed E-state index contributed by atoms with van der Waals surface area (Å²) in [7, 11) is -6.14. The highest BCUT2D eigenvalue weighted by Gasteiger charge is 2.62. The van der Waals surface area contributed by atoms with Gasteiger partial charge in [-0.05, 0) is 67.6 Å². The number of ether oxygens (including phenoxy) is 6. The van der Waals surface area contributed by atoms with Gasteiger partial charge in [-0.2, -0.15) is 0 Å². The zero-order valence-electron chi connectivity index (χ0n) is 39.9. The molecule has 2 heterocycles. The Morgan fingerprint density at radius 3 is 1.56 bits per heavy atom. The molecule has 0 bridgehead atoms. The first-order valence-corrected chi connectivity index (χ1v) is 26.8. The second kappa shape index (κ2) is 22.4. The molecule has 1 saturated heterocycles. The first-order valence-electron chi connectivity index (χ1n) is 23.9. The van der Waals surface area contributed by atoms with E-state index < -0.39 is 54.2 Å². The Bertz CT molecular complexity index is 2940. The molecule has 1 radical (unpaired) electrons. The maximum atomic E-state index is 14.3. The molecule has 0 spiro atoms. The molecule has 11 heteroatoms. The van der Waals surface area contributed by atoms with Crippen LogP contribution >= 0.6 is 0 Å². The van der Waals surface area contributed by atoms with Gasteiger partial charge in [0, 0.05) is 11.6 Å². The summed E-state index contributed by atoms with van der Waals surface area (Å²) in [6, 6.07) is 67.3. The molecule has 5 atom stereocenters. The summed E-state index contributed by atoms with van der Waals surface area (Å²) in [5.41, 5.74) is 2.31. The van der Waals surface area contributed by atoms with E-state index in [4.69, 9.17) is 28.4 Å². The fourth-order valence-corrected chi connectivity index (χ4v) is 13.8. The minimum absolute atomic E-state index is 0.131. The van der Waals surface area contributed by atoms with E-state index in [0.29, 0.717) is 11.9 Å². The van der Waals surface area contributed by atoms with E-state index in [-0.39, 0.29) is 37.9 Å². The highest BCUT2D eigenvalue weighted by molar-refractivity contribution is 7.90. The maximum Gasteiger partial charge on any atom is 0.268 e. The van der Waals surface area contributed by atoms with E-state index in [1.165, 1.54) is 3.97 Å². The molecule has 359 valence electrons. The van der Waals surface area contributed by atoms with Gasteiger partial charge in [-0.3, -0.25) is 0 Å². The van der Waals surface area contributed by atoms with Crippen molar-refractivity contribution in [3.8, 4) is 0 Å². The summed E-state index contributed by atoms with van der Waals surface area (Å²) in [6.45, 7) is 7.17. The highest BCUT2D eigenvalue weighted by atomic mass is 32.2. The van der Waals surface area contributed by atoms with Gasteiger partial charge in [0.05, 0.1) is 49.0 Å². The van der Waals surface area contributed by atoms with E-state index in [1.54, 1.807) is 30.5 Å². The van der Waals surface area contributed by atoms with Crippen molar-refractivity contribution < 1.29 is 36.8 Å². The van der Waals surface area contributed by atoms with Crippen molar-refractivity contribution in [3.63, 3.8) is 0 Å². The lowest BCUT2D eigenvalue weighted by molar-refractivity contribution is -0.352. The Morgan fingerprint density at radius 2 is 1.03 bits per heavy atom. The Labute approximate surface area is 414 Å². The molecular weight excluding hydrogens is 911 g/mol. The van der Waals surface area contributed by atoms with Crippen LogP contribution < -0.4 is 10.4 Å². The summed E-state index contributed by atoms with van der Waals surface area (Å²) in [5, 5.41) is 2.89. The number of para-hydroxylation sites is 1. The third-order valence-electron chi connectivity index (χ3n) is 12.4. The summed E-state index contributed by atoms with van der Waals surface area (Å²) < 4.78 is 73.9. The summed E-state index contributed by atoms with van der Waals surface area (Å²) >= 11 is 0. The van der Waals surface area contributed by atoms with Crippen LogP contribution in [0.1, 0.15) is 43.0 Å². The van der Waals surface area contributed by atoms with E-state index in [9.17, 15) is 8.42 Å². The molecule has 8 aromatic rings.